The maximum atomic E-state index is 10.5. The predicted molar refractivity (Wildman–Crippen MR) is 48.3 cm³/mol. The van der Waals surface area contributed by atoms with Gasteiger partial charge in [-0.05, 0) is 28.1 Å². The van der Waals surface area contributed by atoms with E-state index in [9.17, 15) is 4.79 Å². The first-order valence-corrected chi connectivity index (χ1v) is 4.20. The number of fused-ring (bicyclic) bond motifs is 1. The number of pyridine rings is 1. The molecule has 0 fully saturated rings. The summed E-state index contributed by atoms with van der Waals surface area (Å²) in [4.78, 5) is 14.5. The highest BCUT2D eigenvalue weighted by molar-refractivity contribution is 9.10. The first-order valence-electron chi connectivity index (χ1n) is 3.40. The third-order valence-electron chi connectivity index (χ3n) is 1.64. The van der Waals surface area contributed by atoms with Crippen molar-refractivity contribution in [1.29, 1.82) is 0 Å². The van der Waals surface area contributed by atoms with Gasteiger partial charge < -0.3 is 0 Å². The summed E-state index contributed by atoms with van der Waals surface area (Å²) in [6.07, 6.45) is 2.54. The van der Waals surface area contributed by atoms with Gasteiger partial charge in [-0.2, -0.15) is 0 Å². The molecular formula is C8H5BrN2O. The summed E-state index contributed by atoms with van der Waals surface area (Å²) in [7, 11) is 0. The smallest absolute Gasteiger partial charge is 0.185 e. The van der Waals surface area contributed by atoms with Crippen molar-refractivity contribution < 1.29 is 4.79 Å². The van der Waals surface area contributed by atoms with Crippen LogP contribution in [-0.4, -0.2) is 15.7 Å². The Labute approximate surface area is 77.2 Å². The number of hydrogen-bond acceptors (Lipinski definition) is 2. The largest absolute Gasteiger partial charge is 0.296 e. The van der Waals surface area contributed by atoms with Crippen molar-refractivity contribution in [2.45, 2.75) is 0 Å². The molecule has 0 aliphatic carbocycles. The van der Waals surface area contributed by atoms with Crippen LogP contribution in [0.1, 0.15) is 10.6 Å². The maximum absolute atomic E-state index is 10.5. The molecule has 0 aliphatic rings. The number of carbonyl (C=O) groups excluding carboxylic acids is 1. The monoisotopic (exact) mass is 224 g/mol. The summed E-state index contributed by atoms with van der Waals surface area (Å²) in [5.41, 5.74) is 0.902. The Morgan fingerprint density at radius 3 is 3.08 bits per heavy atom. The number of hydrogen-bond donors (Lipinski definition) is 0. The Bertz CT molecular complexity index is 436. The van der Waals surface area contributed by atoms with Crippen LogP contribution in [0.3, 0.4) is 0 Å². The molecule has 0 aliphatic heterocycles. The zero-order valence-corrected chi connectivity index (χ0v) is 7.65. The Morgan fingerprint density at radius 2 is 2.33 bits per heavy atom. The number of aromatic nitrogens is 2. The van der Waals surface area contributed by atoms with Gasteiger partial charge >= 0.3 is 0 Å². The highest BCUT2D eigenvalue weighted by Gasteiger charge is 2.05. The van der Waals surface area contributed by atoms with Crippen molar-refractivity contribution in [2.24, 2.45) is 0 Å². The van der Waals surface area contributed by atoms with Gasteiger partial charge in [-0.3, -0.25) is 9.20 Å². The molecule has 2 aromatic heterocycles. The Balaban J connectivity index is 2.91. The topological polar surface area (TPSA) is 34.4 Å². The van der Waals surface area contributed by atoms with E-state index in [1.807, 2.05) is 18.2 Å². The van der Waals surface area contributed by atoms with Gasteiger partial charge in [-0.1, -0.05) is 6.07 Å². The highest BCUT2D eigenvalue weighted by Crippen LogP contribution is 2.17. The summed E-state index contributed by atoms with van der Waals surface area (Å²) in [5.74, 6) is 0.414. The van der Waals surface area contributed by atoms with Crippen molar-refractivity contribution in [3.63, 3.8) is 0 Å². The van der Waals surface area contributed by atoms with Crippen LogP contribution in [0.5, 0.6) is 0 Å². The van der Waals surface area contributed by atoms with Gasteiger partial charge in [0.2, 0.25) is 0 Å². The average molecular weight is 225 g/mol. The van der Waals surface area contributed by atoms with E-state index in [1.54, 1.807) is 10.6 Å². The Kier molecular flexibility index (Phi) is 1.69. The normalized spacial score (nSPS) is 10.4. The third-order valence-corrected chi connectivity index (χ3v) is 2.22. The lowest BCUT2D eigenvalue weighted by molar-refractivity contribution is 0.111. The second-order valence-electron chi connectivity index (χ2n) is 2.33. The van der Waals surface area contributed by atoms with Crippen LogP contribution in [0.25, 0.3) is 5.52 Å². The SMILES string of the molecule is O=Cc1nc(Br)c2ccccn12. The lowest BCUT2D eigenvalue weighted by Crippen LogP contribution is -1.89. The molecule has 2 heterocycles. The second kappa shape index (κ2) is 2.71. The zero-order chi connectivity index (χ0) is 8.55. The van der Waals surface area contributed by atoms with E-state index in [0.717, 1.165) is 11.8 Å². The summed E-state index contributed by atoms with van der Waals surface area (Å²) in [6, 6.07) is 5.65. The van der Waals surface area contributed by atoms with Gasteiger partial charge in [0.05, 0.1) is 5.52 Å². The quantitative estimate of drug-likeness (QED) is 0.694. The molecule has 2 rings (SSSR count). The van der Waals surface area contributed by atoms with Crippen LogP contribution in [0.15, 0.2) is 29.0 Å². The van der Waals surface area contributed by atoms with Crippen LogP contribution < -0.4 is 0 Å². The van der Waals surface area contributed by atoms with Gasteiger partial charge in [0.1, 0.15) is 4.60 Å². The molecule has 4 heteroatoms. The van der Waals surface area contributed by atoms with E-state index in [-0.39, 0.29) is 0 Å². The lowest BCUT2D eigenvalue weighted by atomic mass is 10.4. The fourth-order valence-corrected chi connectivity index (χ4v) is 1.61. The van der Waals surface area contributed by atoms with Crippen molar-refractivity contribution in [2.75, 3.05) is 0 Å². The number of aldehydes is 1. The summed E-state index contributed by atoms with van der Waals surface area (Å²) in [6.45, 7) is 0. The molecule has 60 valence electrons. The molecule has 0 atom stereocenters. The predicted octanol–water partition coefficient (Wildman–Crippen LogP) is 1.91. The summed E-state index contributed by atoms with van der Waals surface area (Å²) in [5, 5.41) is 0. The molecule has 0 amide bonds. The maximum Gasteiger partial charge on any atom is 0.185 e. The minimum atomic E-state index is 0.414. The van der Waals surface area contributed by atoms with E-state index in [4.69, 9.17) is 0 Å². The number of carbonyl (C=O) groups is 1. The van der Waals surface area contributed by atoms with E-state index in [1.165, 1.54) is 0 Å². The number of rotatable bonds is 1. The fraction of sp³-hybridized carbons (Fsp3) is 0. The van der Waals surface area contributed by atoms with Crippen molar-refractivity contribution in [3.05, 3.63) is 34.8 Å². The minimum absolute atomic E-state index is 0.414. The number of nitrogens with zero attached hydrogens (tertiary/aromatic N) is 2. The second-order valence-corrected chi connectivity index (χ2v) is 3.09. The van der Waals surface area contributed by atoms with Gasteiger partial charge in [0, 0.05) is 6.20 Å². The minimum Gasteiger partial charge on any atom is -0.296 e. The summed E-state index contributed by atoms with van der Waals surface area (Å²) < 4.78 is 2.43. The fourth-order valence-electron chi connectivity index (χ4n) is 1.11. The van der Waals surface area contributed by atoms with Gasteiger partial charge in [-0.15, -0.1) is 0 Å². The molecular weight excluding hydrogens is 220 g/mol. The zero-order valence-electron chi connectivity index (χ0n) is 6.07. The van der Waals surface area contributed by atoms with Gasteiger partial charge in [-0.25, -0.2) is 4.98 Å². The van der Waals surface area contributed by atoms with Crippen LogP contribution >= 0.6 is 15.9 Å². The van der Waals surface area contributed by atoms with E-state index >= 15 is 0 Å². The van der Waals surface area contributed by atoms with E-state index in [0.29, 0.717) is 10.4 Å². The van der Waals surface area contributed by atoms with Gasteiger partial charge in [0.15, 0.2) is 12.1 Å². The molecule has 0 N–H and O–H groups in total. The molecule has 0 saturated heterocycles. The molecule has 12 heavy (non-hydrogen) atoms. The number of halogens is 1. The van der Waals surface area contributed by atoms with Crippen LogP contribution in [0.2, 0.25) is 0 Å². The van der Waals surface area contributed by atoms with Crippen LogP contribution in [0.4, 0.5) is 0 Å². The highest BCUT2D eigenvalue weighted by atomic mass is 79.9. The Hall–Kier alpha value is -1.16. The molecule has 0 spiro atoms. The van der Waals surface area contributed by atoms with Crippen molar-refractivity contribution >= 4 is 27.7 Å². The molecule has 3 nitrogen and oxygen atoms in total. The van der Waals surface area contributed by atoms with E-state index < -0.39 is 0 Å². The average Bonchev–Trinajstić information content (AvgIpc) is 2.44. The molecule has 0 bridgehead atoms. The first kappa shape index (κ1) is 7.49. The third kappa shape index (κ3) is 0.956. The van der Waals surface area contributed by atoms with Crippen molar-refractivity contribution in [1.82, 2.24) is 9.38 Å². The number of imidazole rings is 1. The molecule has 0 saturated carbocycles. The molecule has 0 aromatic carbocycles. The standard InChI is InChI=1S/C8H5BrN2O/c9-8-6-3-1-2-4-11(6)7(5-12)10-8/h1-5H. The van der Waals surface area contributed by atoms with Crippen LogP contribution in [0, 0.1) is 0 Å². The molecule has 0 radical (unpaired) electrons. The van der Waals surface area contributed by atoms with E-state index in [2.05, 4.69) is 20.9 Å². The first-order chi connectivity index (χ1) is 5.83. The van der Waals surface area contributed by atoms with Crippen LogP contribution in [-0.2, 0) is 0 Å². The molecule has 2 aromatic rings. The van der Waals surface area contributed by atoms with Gasteiger partial charge in [0.25, 0.3) is 0 Å². The lowest BCUT2D eigenvalue weighted by Gasteiger charge is -1.91. The Morgan fingerprint density at radius 1 is 1.50 bits per heavy atom. The van der Waals surface area contributed by atoms with Crippen molar-refractivity contribution in [3.8, 4) is 0 Å². The summed E-state index contributed by atoms with van der Waals surface area (Å²) >= 11 is 3.27. The molecule has 0 unspecified atom stereocenters.